The summed E-state index contributed by atoms with van der Waals surface area (Å²) in [5.74, 6) is 0.245. The van der Waals surface area contributed by atoms with Crippen molar-refractivity contribution in [2.75, 3.05) is 25.2 Å². The molecule has 6 rings (SSSR count). The summed E-state index contributed by atoms with van der Waals surface area (Å²) in [7, 11) is 1.55. The Morgan fingerprint density at radius 3 is 2.51 bits per heavy atom. The molecule has 4 aromatic rings. The molecule has 0 radical (unpaired) electrons. The summed E-state index contributed by atoms with van der Waals surface area (Å²) in [5.41, 5.74) is 1.90. The molecule has 1 atom stereocenters. The average molecular weight is 608 g/mol. The SMILES string of the molecule is COc1ccc(C2/C(=C(\O)c3ccc4c(c3)OCCO4)C(=O)C(=O)N2c2nnc(SCc3ccc(Cl)cc3)s2)cc1. The molecule has 1 saturated heterocycles. The number of methoxy groups -OCH3 is 1. The van der Waals surface area contributed by atoms with E-state index in [4.69, 9.17) is 25.8 Å². The molecular weight excluding hydrogens is 586 g/mol. The summed E-state index contributed by atoms with van der Waals surface area (Å²) in [6.07, 6.45) is 0. The smallest absolute Gasteiger partial charge is 0.301 e. The first kappa shape index (κ1) is 27.1. The Hall–Kier alpha value is -4.06. The van der Waals surface area contributed by atoms with Crippen LogP contribution in [0.1, 0.15) is 22.7 Å². The van der Waals surface area contributed by atoms with E-state index in [2.05, 4.69) is 10.2 Å². The molecule has 12 heteroatoms. The van der Waals surface area contributed by atoms with Crippen molar-refractivity contribution in [2.24, 2.45) is 0 Å². The molecule has 0 bridgehead atoms. The minimum absolute atomic E-state index is 0.0672. The van der Waals surface area contributed by atoms with Crippen LogP contribution in [0.15, 0.2) is 76.6 Å². The van der Waals surface area contributed by atoms with E-state index in [0.29, 0.717) is 56.7 Å². The van der Waals surface area contributed by atoms with Crippen molar-refractivity contribution in [3.05, 3.63) is 94.0 Å². The summed E-state index contributed by atoms with van der Waals surface area (Å²) in [6, 6.07) is 18.4. The number of anilines is 1. The zero-order valence-electron chi connectivity index (χ0n) is 21.6. The molecule has 2 aliphatic rings. The number of carbonyl (C=O) groups excluding carboxylic acids is 2. The van der Waals surface area contributed by atoms with Gasteiger partial charge in [0, 0.05) is 16.3 Å². The van der Waals surface area contributed by atoms with Crippen molar-refractivity contribution < 1.29 is 28.9 Å². The number of nitrogens with zero attached hydrogens (tertiary/aromatic N) is 3. The van der Waals surface area contributed by atoms with Crippen molar-refractivity contribution in [1.82, 2.24) is 10.2 Å². The van der Waals surface area contributed by atoms with Crippen LogP contribution in [0.2, 0.25) is 5.02 Å². The second-order valence-corrected chi connectivity index (χ2v) is 11.7. The molecular formula is C29H22ClN3O6S2. The topological polar surface area (TPSA) is 111 Å². The first-order valence-corrected chi connectivity index (χ1v) is 14.7. The number of ketones is 1. The number of rotatable bonds is 7. The number of carbonyl (C=O) groups is 2. The maximum absolute atomic E-state index is 13.5. The van der Waals surface area contributed by atoms with Gasteiger partial charge in [0.1, 0.15) is 24.7 Å². The molecule has 0 saturated carbocycles. The van der Waals surface area contributed by atoms with Crippen LogP contribution >= 0.6 is 34.7 Å². The lowest BCUT2D eigenvalue weighted by molar-refractivity contribution is -0.132. The Bertz CT molecular complexity index is 1660. The fourth-order valence-electron chi connectivity index (χ4n) is 4.56. The van der Waals surface area contributed by atoms with Crippen LogP contribution < -0.4 is 19.1 Å². The van der Waals surface area contributed by atoms with Gasteiger partial charge >= 0.3 is 5.91 Å². The van der Waals surface area contributed by atoms with Crippen molar-refractivity contribution >= 4 is 57.3 Å². The quantitative estimate of drug-likeness (QED) is 0.0903. The number of hydrogen-bond acceptors (Lipinski definition) is 10. The van der Waals surface area contributed by atoms with Crippen LogP contribution in [0.25, 0.3) is 5.76 Å². The molecule has 208 valence electrons. The van der Waals surface area contributed by atoms with Gasteiger partial charge in [-0.2, -0.15) is 0 Å². The fourth-order valence-corrected chi connectivity index (χ4v) is 6.51. The highest BCUT2D eigenvalue weighted by Crippen LogP contribution is 2.45. The molecule has 1 N–H and O–H groups in total. The van der Waals surface area contributed by atoms with Gasteiger partial charge in [0.05, 0.1) is 18.7 Å². The van der Waals surface area contributed by atoms with Gasteiger partial charge in [-0.3, -0.25) is 14.5 Å². The normalized spacial score (nSPS) is 17.6. The van der Waals surface area contributed by atoms with Gasteiger partial charge < -0.3 is 19.3 Å². The average Bonchev–Trinajstić information content (AvgIpc) is 3.58. The maximum atomic E-state index is 13.5. The van der Waals surface area contributed by atoms with Crippen molar-refractivity contribution in [1.29, 1.82) is 0 Å². The van der Waals surface area contributed by atoms with Gasteiger partial charge in [0.25, 0.3) is 5.78 Å². The number of aliphatic hydroxyl groups excluding tert-OH is 1. The molecule has 0 spiro atoms. The molecule has 2 aliphatic heterocycles. The van der Waals surface area contributed by atoms with E-state index in [1.807, 2.05) is 24.3 Å². The fraction of sp³-hybridized carbons (Fsp3) is 0.172. The Morgan fingerprint density at radius 1 is 1.05 bits per heavy atom. The van der Waals surface area contributed by atoms with Crippen LogP contribution in [0.3, 0.4) is 0 Å². The van der Waals surface area contributed by atoms with Gasteiger partial charge in [-0.05, 0) is 53.6 Å². The number of benzene rings is 3. The highest BCUT2D eigenvalue weighted by molar-refractivity contribution is 8.00. The van der Waals surface area contributed by atoms with E-state index < -0.39 is 17.7 Å². The second kappa shape index (κ2) is 11.4. The van der Waals surface area contributed by atoms with Crippen molar-refractivity contribution in [3.8, 4) is 17.2 Å². The third-order valence-corrected chi connectivity index (χ3v) is 8.95. The Kier molecular flexibility index (Phi) is 7.57. The summed E-state index contributed by atoms with van der Waals surface area (Å²) in [4.78, 5) is 28.3. The van der Waals surface area contributed by atoms with Crippen LogP contribution in [-0.2, 0) is 15.3 Å². The Morgan fingerprint density at radius 2 is 1.78 bits per heavy atom. The highest BCUT2D eigenvalue weighted by Gasteiger charge is 2.48. The van der Waals surface area contributed by atoms with E-state index in [1.165, 1.54) is 28.0 Å². The van der Waals surface area contributed by atoms with E-state index in [0.717, 1.165) is 5.56 Å². The van der Waals surface area contributed by atoms with Gasteiger partial charge in [-0.15, -0.1) is 10.2 Å². The van der Waals surface area contributed by atoms with Crippen LogP contribution in [0.4, 0.5) is 5.13 Å². The molecule has 1 unspecified atom stereocenters. The van der Waals surface area contributed by atoms with Crippen molar-refractivity contribution in [3.63, 3.8) is 0 Å². The lowest BCUT2D eigenvalue weighted by atomic mass is 9.95. The first-order valence-electron chi connectivity index (χ1n) is 12.5. The Balaban J connectivity index is 1.38. The zero-order chi connectivity index (χ0) is 28.5. The lowest BCUT2D eigenvalue weighted by Gasteiger charge is -2.23. The number of aromatic nitrogens is 2. The van der Waals surface area contributed by atoms with E-state index in [9.17, 15) is 14.7 Å². The molecule has 1 aromatic heterocycles. The zero-order valence-corrected chi connectivity index (χ0v) is 24.0. The molecule has 1 fully saturated rings. The Labute approximate surface area is 248 Å². The number of thioether (sulfide) groups is 1. The standard InChI is InChI=1S/C29H22ClN3O6S2/c1-37-20-9-4-17(5-10-20)24-23(25(34)18-6-11-21-22(14-18)39-13-12-38-21)26(35)27(36)33(24)28-31-32-29(41-28)40-15-16-2-7-19(30)8-3-16/h2-11,14,24,34H,12-13,15H2,1H3/b25-23+. The number of Topliss-reactive ketones (excluding diaryl/α,β-unsaturated/α-hetero) is 1. The number of fused-ring (bicyclic) bond motifs is 1. The molecule has 3 heterocycles. The number of ether oxygens (including phenoxy) is 3. The number of amides is 1. The molecule has 41 heavy (non-hydrogen) atoms. The number of halogens is 1. The molecule has 9 nitrogen and oxygen atoms in total. The summed E-state index contributed by atoms with van der Waals surface area (Å²) < 4.78 is 17.1. The predicted octanol–water partition coefficient (Wildman–Crippen LogP) is 5.89. The van der Waals surface area contributed by atoms with Gasteiger partial charge in [-0.1, -0.05) is 59.0 Å². The largest absolute Gasteiger partial charge is 0.507 e. The highest BCUT2D eigenvalue weighted by atomic mass is 35.5. The molecule has 3 aromatic carbocycles. The van der Waals surface area contributed by atoms with Crippen LogP contribution in [0.5, 0.6) is 17.2 Å². The lowest BCUT2D eigenvalue weighted by Crippen LogP contribution is -2.29. The molecule has 1 amide bonds. The van der Waals surface area contributed by atoms with Crippen LogP contribution in [0, 0.1) is 0 Å². The first-order chi connectivity index (χ1) is 19.9. The number of hydrogen-bond donors (Lipinski definition) is 1. The van der Waals surface area contributed by atoms with E-state index >= 15 is 0 Å². The van der Waals surface area contributed by atoms with E-state index in [1.54, 1.807) is 49.6 Å². The van der Waals surface area contributed by atoms with Gasteiger partial charge in [-0.25, -0.2) is 0 Å². The summed E-state index contributed by atoms with van der Waals surface area (Å²) in [6.45, 7) is 0.783. The number of aliphatic hydroxyl groups is 1. The minimum atomic E-state index is -0.948. The van der Waals surface area contributed by atoms with Gasteiger partial charge in [0.2, 0.25) is 5.13 Å². The maximum Gasteiger partial charge on any atom is 0.301 e. The van der Waals surface area contributed by atoms with E-state index in [-0.39, 0.29) is 16.5 Å². The van der Waals surface area contributed by atoms with Gasteiger partial charge in [0.15, 0.2) is 15.8 Å². The summed E-state index contributed by atoms with van der Waals surface area (Å²) >= 11 is 8.63. The monoisotopic (exact) mass is 607 g/mol. The van der Waals surface area contributed by atoms with Crippen LogP contribution in [-0.4, -0.2) is 47.3 Å². The summed E-state index contributed by atoms with van der Waals surface area (Å²) in [5, 5.41) is 20.9. The minimum Gasteiger partial charge on any atom is -0.507 e. The third-order valence-electron chi connectivity index (χ3n) is 6.57. The second-order valence-electron chi connectivity index (χ2n) is 9.07. The molecule has 0 aliphatic carbocycles. The third kappa shape index (κ3) is 5.35. The predicted molar refractivity (Wildman–Crippen MR) is 156 cm³/mol. The van der Waals surface area contributed by atoms with Crippen molar-refractivity contribution in [2.45, 2.75) is 16.1 Å².